The fraction of sp³-hybridized carbons (Fsp3) is 0.0625. The molecule has 0 aliphatic heterocycles. The number of amides is 1. The van der Waals surface area contributed by atoms with E-state index >= 15 is 0 Å². The van der Waals surface area contributed by atoms with E-state index < -0.39 is 5.91 Å². The van der Waals surface area contributed by atoms with Crippen LogP contribution in [-0.4, -0.2) is 32.3 Å². The summed E-state index contributed by atoms with van der Waals surface area (Å²) in [7, 11) is 0. The number of hydrazone groups is 1. The number of halogens is 4. The van der Waals surface area contributed by atoms with Gasteiger partial charge in [-0.2, -0.15) is 9.90 Å². The Balaban J connectivity index is 1.63. The average molecular weight is 444 g/mol. The summed E-state index contributed by atoms with van der Waals surface area (Å²) >= 11 is 23.9. The van der Waals surface area contributed by atoms with Crippen molar-refractivity contribution in [2.24, 2.45) is 5.10 Å². The van der Waals surface area contributed by atoms with Crippen LogP contribution >= 0.6 is 46.4 Å². The molecule has 0 saturated carbocycles. The second-order valence-corrected chi connectivity index (χ2v) is 6.92. The maximum Gasteiger partial charge on any atom is 0.263 e. The lowest BCUT2D eigenvalue weighted by Gasteiger charge is -2.01. The Labute approximate surface area is 173 Å². The number of hydrogen-bond donors (Lipinski definition) is 1. The van der Waals surface area contributed by atoms with Crippen molar-refractivity contribution in [2.75, 3.05) is 0 Å². The van der Waals surface area contributed by atoms with Gasteiger partial charge in [0.2, 0.25) is 5.82 Å². The van der Waals surface area contributed by atoms with E-state index in [-0.39, 0.29) is 6.54 Å². The number of nitrogens with one attached hydrogen (secondary N) is 1. The molecular weight excluding hydrogens is 434 g/mol. The Hall–Kier alpha value is -2.19. The van der Waals surface area contributed by atoms with Gasteiger partial charge in [0.25, 0.3) is 5.91 Å². The molecule has 0 atom stereocenters. The van der Waals surface area contributed by atoms with E-state index in [1.54, 1.807) is 36.4 Å². The Morgan fingerprint density at radius 3 is 2.44 bits per heavy atom. The van der Waals surface area contributed by atoms with Crippen molar-refractivity contribution in [3.63, 3.8) is 0 Å². The van der Waals surface area contributed by atoms with E-state index in [1.165, 1.54) is 6.21 Å². The molecule has 0 aliphatic rings. The predicted molar refractivity (Wildman–Crippen MR) is 105 cm³/mol. The van der Waals surface area contributed by atoms with Crippen molar-refractivity contribution < 1.29 is 4.79 Å². The first kappa shape index (κ1) is 19.6. The van der Waals surface area contributed by atoms with Crippen LogP contribution in [0, 0.1) is 0 Å². The van der Waals surface area contributed by atoms with Crippen molar-refractivity contribution in [3.05, 3.63) is 62.1 Å². The second-order valence-electron chi connectivity index (χ2n) is 5.23. The molecule has 11 heteroatoms. The number of tetrazole rings is 1. The molecular formula is C16H10Cl4N6O. The highest BCUT2D eigenvalue weighted by Crippen LogP contribution is 2.24. The van der Waals surface area contributed by atoms with Gasteiger partial charge in [0.05, 0.1) is 16.3 Å². The Bertz CT molecular complexity index is 979. The van der Waals surface area contributed by atoms with Gasteiger partial charge < -0.3 is 0 Å². The van der Waals surface area contributed by atoms with E-state index in [0.717, 1.165) is 4.80 Å². The summed E-state index contributed by atoms with van der Waals surface area (Å²) in [6, 6.07) is 9.92. The van der Waals surface area contributed by atoms with Crippen molar-refractivity contribution in [1.29, 1.82) is 0 Å². The molecule has 0 unspecified atom stereocenters. The Kier molecular flexibility index (Phi) is 6.28. The quantitative estimate of drug-likeness (QED) is 0.475. The number of nitrogens with zero attached hydrogens (tertiary/aromatic N) is 5. The van der Waals surface area contributed by atoms with Crippen LogP contribution in [-0.2, 0) is 11.3 Å². The van der Waals surface area contributed by atoms with E-state index in [4.69, 9.17) is 46.4 Å². The number of rotatable bonds is 5. The molecule has 0 radical (unpaired) electrons. The zero-order chi connectivity index (χ0) is 19.4. The summed E-state index contributed by atoms with van der Waals surface area (Å²) in [6.45, 7) is -0.186. The van der Waals surface area contributed by atoms with Crippen LogP contribution in [0.4, 0.5) is 0 Å². The summed E-state index contributed by atoms with van der Waals surface area (Å²) in [5.74, 6) is -0.166. The molecule has 27 heavy (non-hydrogen) atoms. The number of carbonyl (C=O) groups is 1. The SMILES string of the molecule is O=C(Cn1nnc(-c2cc(Cl)cc(Cl)c2)n1)N/N=C/c1c(Cl)cccc1Cl. The van der Waals surface area contributed by atoms with Crippen LogP contribution in [0.25, 0.3) is 11.4 Å². The third-order valence-corrected chi connectivity index (χ3v) is 4.34. The lowest BCUT2D eigenvalue weighted by molar-refractivity contribution is -0.122. The maximum absolute atomic E-state index is 12.0. The van der Waals surface area contributed by atoms with Gasteiger partial charge in [-0.05, 0) is 35.5 Å². The highest BCUT2D eigenvalue weighted by Gasteiger charge is 2.10. The van der Waals surface area contributed by atoms with Gasteiger partial charge >= 0.3 is 0 Å². The number of hydrogen-bond acceptors (Lipinski definition) is 5. The van der Waals surface area contributed by atoms with Crippen molar-refractivity contribution in [3.8, 4) is 11.4 Å². The largest absolute Gasteiger partial charge is 0.271 e. The second kappa shape index (κ2) is 8.67. The molecule has 0 saturated heterocycles. The Morgan fingerprint density at radius 1 is 1.11 bits per heavy atom. The monoisotopic (exact) mass is 442 g/mol. The lowest BCUT2D eigenvalue weighted by atomic mass is 10.2. The average Bonchev–Trinajstić information content (AvgIpc) is 3.05. The molecule has 1 heterocycles. The maximum atomic E-state index is 12.0. The number of carbonyl (C=O) groups excluding carboxylic acids is 1. The van der Waals surface area contributed by atoms with Gasteiger partial charge in [0.1, 0.15) is 6.54 Å². The lowest BCUT2D eigenvalue weighted by Crippen LogP contribution is -2.24. The summed E-state index contributed by atoms with van der Waals surface area (Å²) < 4.78 is 0. The van der Waals surface area contributed by atoms with Crippen LogP contribution < -0.4 is 5.43 Å². The molecule has 0 spiro atoms. The van der Waals surface area contributed by atoms with Crippen LogP contribution in [0.2, 0.25) is 20.1 Å². The van der Waals surface area contributed by atoms with Crippen molar-refractivity contribution in [1.82, 2.24) is 25.6 Å². The highest BCUT2D eigenvalue weighted by atomic mass is 35.5. The molecule has 1 N–H and O–H groups in total. The van der Waals surface area contributed by atoms with E-state index in [2.05, 4.69) is 25.9 Å². The van der Waals surface area contributed by atoms with Gasteiger partial charge in [-0.1, -0.05) is 52.5 Å². The molecule has 0 fully saturated rings. The van der Waals surface area contributed by atoms with Crippen LogP contribution in [0.15, 0.2) is 41.5 Å². The zero-order valence-electron chi connectivity index (χ0n) is 13.4. The first-order chi connectivity index (χ1) is 12.9. The first-order valence-electron chi connectivity index (χ1n) is 7.42. The third-order valence-electron chi connectivity index (χ3n) is 3.24. The van der Waals surface area contributed by atoms with Gasteiger partial charge in [0.15, 0.2) is 0 Å². The normalized spacial score (nSPS) is 11.1. The summed E-state index contributed by atoms with van der Waals surface area (Å²) in [5.41, 5.74) is 3.43. The predicted octanol–water partition coefficient (Wildman–Crippen LogP) is 4.10. The highest BCUT2D eigenvalue weighted by molar-refractivity contribution is 6.38. The molecule has 0 bridgehead atoms. The fourth-order valence-corrected chi connectivity index (χ4v) is 3.10. The van der Waals surface area contributed by atoms with Gasteiger partial charge in [-0.25, -0.2) is 5.43 Å². The van der Waals surface area contributed by atoms with Crippen molar-refractivity contribution >= 4 is 58.5 Å². The smallest absolute Gasteiger partial charge is 0.263 e. The molecule has 3 rings (SSSR count). The molecule has 2 aromatic carbocycles. The van der Waals surface area contributed by atoms with Gasteiger partial charge in [-0.15, -0.1) is 10.2 Å². The standard InChI is InChI=1S/C16H10Cl4N6O/c17-10-4-9(5-11(18)6-10)16-23-25-26(24-16)8-15(27)22-21-7-12-13(19)2-1-3-14(12)20/h1-7H,8H2,(H,22,27)/b21-7+. The number of benzene rings is 2. The van der Waals surface area contributed by atoms with Crippen LogP contribution in [0.5, 0.6) is 0 Å². The Morgan fingerprint density at radius 2 is 1.78 bits per heavy atom. The summed E-state index contributed by atoms with van der Waals surface area (Å²) in [5, 5.41) is 17.4. The fourth-order valence-electron chi connectivity index (χ4n) is 2.08. The van der Waals surface area contributed by atoms with E-state index in [1.807, 2.05) is 0 Å². The number of aromatic nitrogens is 4. The van der Waals surface area contributed by atoms with Crippen LogP contribution in [0.3, 0.4) is 0 Å². The van der Waals surface area contributed by atoms with E-state index in [0.29, 0.717) is 37.0 Å². The zero-order valence-corrected chi connectivity index (χ0v) is 16.4. The molecule has 138 valence electrons. The minimum atomic E-state index is -0.456. The topological polar surface area (TPSA) is 85.1 Å². The molecule has 7 nitrogen and oxygen atoms in total. The molecule has 3 aromatic rings. The summed E-state index contributed by atoms with van der Waals surface area (Å²) in [6.07, 6.45) is 1.36. The molecule has 0 aliphatic carbocycles. The summed E-state index contributed by atoms with van der Waals surface area (Å²) in [4.78, 5) is 13.1. The molecule has 1 amide bonds. The minimum Gasteiger partial charge on any atom is -0.271 e. The van der Waals surface area contributed by atoms with E-state index in [9.17, 15) is 4.79 Å². The minimum absolute atomic E-state index is 0.186. The van der Waals surface area contributed by atoms with Crippen molar-refractivity contribution in [2.45, 2.75) is 6.54 Å². The first-order valence-corrected chi connectivity index (χ1v) is 8.94. The van der Waals surface area contributed by atoms with Crippen LogP contribution in [0.1, 0.15) is 5.56 Å². The van der Waals surface area contributed by atoms with Gasteiger partial charge in [-0.3, -0.25) is 4.79 Å². The third kappa shape index (κ3) is 5.17. The van der Waals surface area contributed by atoms with Gasteiger partial charge in [0, 0.05) is 21.2 Å². The molecule has 1 aromatic heterocycles.